The average Bonchev–Trinajstić information content (AvgIpc) is 2.30. The zero-order chi connectivity index (χ0) is 8.43. The van der Waals surface area contributed by atoms with Crippen molar-refractivity contribution in [3.05, 3.63) is 15.8 Å². The van der Waals surface area contributed by atoms with E-state index in [4.69, 9.17) is 10.8 Å². The van der Waals surface area contributed by atoms with Crippen LogP contribution in [0.25, 0.3) is 0 Å². The lowest BCUT2D eigenvalue weighted by atomic mass is 10.2. The second-order valence-corrected chi connectivity index (χ2v) is 3.04. The van der Waals surface area contributed by atoms with Gasteiger partial charge in [0.1, 0.15) is 4.88 Å². The third-order valence-corrected chi connectivity index (χ3v) is 2.52. The molecule has 0 bridgehead atoms. The number of aryl methyl sites for hydroxylation is 1. The summed E-state index contributed by atoms with van der Waals surface area (Å²) in [6, 6.07) is 0. The lowest BCUT2D eigenvalue weighted by molar-refractivity contribution is 0.0703. The van der Waals surface area contributed by atoms with E-state index >= 15 is 0 Å². The first-order chi connectivity index (χ1) is 5.16. The zero-order valence-electron chi connectivity index (χ0n) is 6.13. The Hall–Kier alpha value is -1.03. The number of hydrogen-bond acceptors (Lipinski definition) is 3. The molecule has 3 N–H and O–H groups in total. The zero-order valence-corrected chi connectivity index (χ0v) is 6.94. The lowest BCUT2D eigenvalue weighted by Crippen LogP contribution is -1.98. The van der Waals surface area contributed by atoms with Crippen LogP contribution in [0, 0.1) is 0 Å². The third-order valence-electron chi connectivity index (χ3n) is 1.48. The molecule has 60 valence electrons. The molecule has 11 heavy (non-hydrogen) atoms. The summed E-state index contributed by atoms with van der Waals surface area (Å²) in [5, 5.41) is 10.4. The number of carbonyl (C=O) groups is 1. The maximum Gasteiger partial charge on any atom is 0.348 e. The molecule has 0 aliphatic carbocycles. The second kappa shape index (κ2) is 2.92. The molecule has 0 fully saturated rings. The summed E-state index contributed by atoms with van der Waals surface area (Å²) in [4.78, 5) is 10.7. The van der Waals surface area contributed by atoms with Gasteiger partial charge in [-0.15, -0.1) is 11.3 Å². The molecule has 0 atom stereocenters. The Labute approximate surface area is 68.5 Å². The Bertz CT molecular complexity index is 280. The van der Waals surface area contributed by atoms with E-state index in [9.17, 15) is 4.79 Å². The molecule has 3 nitrogen and oxygen atoms in total. The SMILES string of the molecule is CCc1csc(C(=O)O)c1N. The van der Waals surface area contributed by atoms with Crippen LogP contribution < -0.4 is 5.73 Å². The van der Waals surface area contributed by atoms with Crippen LogP contribution in [0.2, 0.25) is 0 Å². The molecule has 4 heteroatoms. The van der Waals surface area contributed by atoms with E-state index in [0.29, 0.717) is 5.69 Å². The molecule has 0 aliphatic heterocycles. The molecule has 1 rings (SSSR count). The highest BCUT2D eigenvalue weighted by atomic mass is 32.1. The molecule has 0 spiro atoms. The summed E-state index contributed by atoms with van der Waals surface area (Å²) in [5.41, 5.74) is 6.89. The predicted molar refractivity (Wildman–Crippen MR) is 45.1 cm³/mol. The predicted octanol–water partition coefficient (Wildman–Crippen LogP) is 1.59. The van der Waals surface area contributed by atoms with Gasteiger partial charge in [0.15, 0.2) is 0 Å². The fourth-order valence-corrected chi connectivity index (χ4v) is 1.75. The van der Waals surface area contributed by atoms with Crippen molar-refractivity contribution in [2.24, 2.45) is 0 Å². The van der Waals surface area contributed by atoms with Crippen LogP contribution in [0.15, 0.2) is 5.38 Å². The summed E-state index contributed by atoms with van der Waals surface area (Å²) in [6.45, 7) is 1.95. The molecular weight excluding hydrogens is 162 g/mol. The van der Waals surface area contributed by atoms with Gasteiger partial charge >= 0.3 is 5.97 Å². The van der Waals surface area contributed by atoms with Gasteiger partial charge < -0.3 is 10.8 Å². The van der Waals surface area contributed by atoms with Gasteiger partial charge in [0.2, 0.25) is 0 Å². The number of hydrogen-bond donors (Lipinski definition) is 2. The Morgan fingerprint density at radius 2 is 2.45 bits per heavy atom. The number of carboxylic acids is 1. The van der Waals surface area contributed by atoms with Crippen molar-refractivity contribution in [1.82, 2.24) is 0 Å². The van der Waals surface area contributed by atoms with Crippen LogP contribution in [0.5, 0.6) is 0 Å². The molecule has 1 aromatic heterocycles. The first kappa shape index (κ1) is 8.07. The fraction of sp³-hybridized carbons (Fsp3) is 0.286. The average molecular weight is 171 g/mol. The van der Waals surface area contributed by atoms with Crippen molar-refractivity contribution in [2.45, 2.75) is 13.3 Å². The number of aromatic carboxylic acids is 1. The maximum absolute atomic E-state index is 10.5. The van der Waals surface area contributed by atoms with Gasteiger partial charge in [-0.2, -0.15) is 0 Å². The molecule has 0 amide bonds. The second-order valence-electron chi connectivity index (χ2n) is 2.16. The smallest absolute Gasteiger partial charge is 0.348 e. The largest absolute Gasteiger partial charge is 0.477 e. The molecule has 1 aromatic rings. The van der Waals surface area contributed by atoms with Crippen molar-refractivity contribution in [1.29, 1.82) is 0 Å². The minimum Gasteiger partial charge on any atom is -0.477 e. The molecule has 0 saturated carbocycles. The van der Waals surface area contributed by atoms with Gasteiger partial charge in [-0.1, -0.05) is 6.92 Å². The number of rotatable bonds is 2. The highest BCUT2D eigenvalue weighted by molar-refractivity contribution is 7.12. The highest BCUT2D eigenvalue weighted by Gasteiger charge is 2.12. The highest BCUT2D eigenvalue weighted by Crippen LogP contribution is 2.25. The summed E-state index contributed by atoms with van der Waals surface area (Å²) < 4.78 is 0. The van der Waals surface area contributed by atoms with Crippen molar-refractivity contribution in [3.8, 4) is 0 Å². The number of nitrogen functional groups attached to an aromatic ring is 1. The molecule has 0 aromatic carbocycles. The maximum atomic E-state index is 10.5. The number of anilines is 1. The summed E-state index contributed by atoms with van der Waals surface area (Å²) in [5.74, 6) is -0.938. The minimum atomic E-state index is -0.938. The van der Waals surface area contributed by atoms with Crippen molar-refractivity contribution in [3.63, 3.8) is 0 Å². The van der Waals surface area contributed by atoms with E-state index in [2.05, 4.69) is 0 Å². The Kier molecular flexibility index (Phi) is 2.14. The number of thiophene rings is 1. The quantitative estimate of drug-likeness (QED) is 0.710. The van der Waals surface area contributed by atoms with E-state index in [-0.39, 0.29) is 4.88 Å². The van der Waals surface area contributed by atoms with E-state index < -0.39 is 5.97 Å². The first-order valence-electron chi connectivity index (χ1n) is 3.26. The molecule has 1 heterocycles. The standard InChI is InChI=1S/C7H9NO2S/c1-2-4-3-11-6(5(4)8)7(9)10/h3H,2,8H2,1H3,(H,9,10). The van der Waals surface area contributed by atoms with E-state index in [1.165, 1.54) is 11.3 Å². The molecule has 0 aliphatic rings. The summed E-state index contributed by atoms with van der Waals surface area (Å²) in [7, 11) is 0. The van der Waals surface area contributed by atoms with Crippen LogP contribution in [0.1, 0.15) is 22.2 Å². The van der Waals surface area contributed by atoms with Crippen LogP contribution in [0.3, 0.4) is 0 Å². The van der Waals surface area contributed by atoms with Gasteiger partial charge in [0, 0.05) is 0 Å². The third kappa shape index (κ3) is 1.35. The molecule has 0 unspecified atom stereocenters. The van der Waals surface area contributed by atoms with Gasteiger partial charge in [0.05, 0.1) is 5.69 Å². The first-order valence-corrected chi connectivity index (χ1v) is 4.14. The fourth-order valence-electron chi connectivity index (χ4n) is 0.842. The van der Waals surface area contributed by atoms with Crippen LogP contribution >= 0.6 is 11.3 Å². The van der Waals surface area contributed by atoms with E-state index in [1.54, 1.807) is 5.38 Å². The van der Waals surface area contributed by atoms with Crippen molar-refractivity contribution < 1.29 is 9.90 Å². The summed E-state index contributed by atoms with van der Waals surface area (Å²) in [6.07, 6.45) is 0.787. The number of carboxylic acid groups (broad SMARTS) is 1. The monoisotopic (exact) mass is 171 g/mol. The van der Waals surface area contributed by atoms with E-state index in [0.717, 1.165) is 12.0 Å². The van der Waals surface area contributed by atoms with Crippen LogP contribution in [0.4, 0.5) is 5.69 Å². The molecular formula is C7H9NO2S. The van der Waals surface area contributed by atoms with Gasteiger partial charge in [-0.05, 0) is 17.4 Å². The summed E-state index contributed by atoms with van der Waals surface area (Å²) >= 11 is 1.18. The Morgan fingerprint density at radius 1 is 1.82 bits per heavy atom. The van der Waals surface area contributed by atoms with E-state index in [1.807, 2.05) is 6.92 Å². The Balaban J connectivity index is 3.10. The lowest BCUT2D eigenvalue weighted by Gasteiger charge is -1.93. The van der Waals surface area contributed by atoms with Gasteiger partial charge in [-0.3, -0.25) is 0 Å². The number of nitrogens with two attached hydrogens (primary N) is 1. The van der Waals surface area contributed by atoms with Crippen LogP contribution in [-0.2, 0) is 6.42 Å². The van der Waals surface area contributed by atoms with Crippen molar-refractivity contribution >= 4 is 23.0 Å². The van der Waals surface area contributed by atoms with Gasteiger partial charge in [0.25, 0.3) is 0 Å². The molecule has 0 radical (unpaired) electrons. The normalized spacial score (nSPS) is 9.91. The van der Waals surface area contributed by atoms with Crippen molar-refractivity contribution in [2.75, 3.05) is 5.73 Å². The Morgan fingerprint density at radius 3 is 2.73 bits per heavy atom. The van der Waals surface area contributed by atoms with Crippen LogP contribution in [-0.4, -0.2) is 11.1 Å². The van der Waals surface area contributed by atoms with Gasteiger partial charge in [-0.25, -0.2) is 4.79 Å². The topological polar surface area (TPSA) is 63.3 Å². The molecule has 0 saturated heterocycles. The minimum absolute atomic E-state index is 0.252.